The van der Waals surface area contributed by atoms with E-state index in [-0.39, 0.29) is 23.7 Å². The van der Waals surface area contributed by atoms with Crippen molar-refractivity contribution in [1.82, 2.24) is 16.0 Å². The molecule has 1 saturated carbocycles. The first-order valence-electron chi connectivity index (χ1n) is 6.53. The van der Waals surface area contributed by atoms with E-state index >= 15 is 0 Å². The van der Waals surface area contributed by atoms with Gasteiger partial charge in [0.1, 0.15) is 0 Å². The highest BCUT2D eigenvalue weighted by molar-refractivity contribution is 5.81. The first-order chi connectivity index (χ1) is 8.27. The lowest BCUT2D eigenvalue weighted by Crippen LogP contribution is -2.43. The molecule has 1 heterocycles. The molecule has 0 aromatic carbocycles. The van der Waals surface area contributed by atoms with Gasteiger partial charge in [0, 0.05) is 25.6 Å². The molecule has 3 N–H and O–H groups in total. The Balaban J connectivity index is 1.54. The molecule has 1 aliphatic carbocycles. The number of amides is 2. The van der Waals surface area contributed by atoms with Crippen LogP contribution < -0.4 is 16.0 Å². The molecule has 0 bridgehead atoms. The van der Waals surface area contributed by atoms with Crippen LogP contribution in [0, 0.1) is 11.8 Å². The first kappa shape index (κ1) is 12.4. The van der Waals surface area contributed by atoms with Crippen molar-refractivity contribution in [3.8, 4) is 0 Å². The van der Waals surface area contributed by atoms with Crippen LogP contribution in [-0.4, -0.2) is 38.0 Å². The highest BCUT2D eigenvalue weighted by Crippen LogP contribution is 2.28. The minimum Gasteiger partial charge on any atom is -0.354 e. The Bertz CT molecular complexity index is 283. The van der Waals surface area contributed by atoms with E-state index in [2.05, 4.69) is 16.0 Å². The quantitative estimate of drug-likeness (QED) is 0.573. The Labute approximate surface area is 102 Å². The van der Waals surface area contributed by atoms with Gasteiger partial charge in [-0.1, -0.05) is 0 Å². The van der Waals surface area contributed by atoms with Gasteiger partial charge >= 0.3 is 0 Å². The maximum Gasteiger partial charge on any atom is 0.224 e. The zero-order chi connectivity index (χ0) is 12.1. The topological polar surface area (TPSA) is 70.2 Å². The number of piperidine rings is 1. The van der Waals surface area contributed by atoms with Crippen molar-refractivity contribution in [3.63, 3.8) is 0 Å². The predicted molar refractivity (Wildman–Crippen MR) is 64.3 cm³/mol. The van der Waals surface area contributed by atoms with Gasteiger partial charge in [-0.15, -0.1) is 0 Å². The average Bonchev–Trinajstić information content (AvgIpc) is 3.19. The molecular formula is C12H21N3O2. The van der Waals surface area contributed by atoms with Crippen molar-refractivity contribution in [3.05, 3.63) is 0 Å². The van der Waals surface area contributed by atoms with Gasteiger partial charge in [0.15, 0.2) is 0 Å². The molecule has 0 spiro atoms. The van der Waals surface area contributed by atoms with E-state index in [1.54, 1.807) is 0 Å². The summed E-state index contributed by atoms with van der Waals surface area (Å²) in [5.41, 5.74) is 0. The van der Waals surface area contributed by atoms with Gasteiger partial charge in [-0.25, -0.2) is 0 Å². The first-order valence-corrected chi connectivity index (χ1v) is 6.53. The van der Waals surface area contributed by atoms with Crippen LogP contribution >= 0.6 is 0 Å². The molecule has 0 aromatic rings. The summed E-state index contributed by atoms with van der Waals surface area (Å²) in [7, 11) is 0. The van der Waals surface area contributed by atoms with Crippen molar-refractivity contribution < 1.29 is 9.59 Å². The summed E-state index contributed by atoms with van der Waals surface area (Å²) in [5.74, 6) is 0.590. The molecule has 2 aliphatic rings. The van der Waals surface area contributed by atoms with Crippen LogP contribution in [0.3, 0.4) is 0 Å². The fraction of sp³-hybridized carbons (Fsp3) is 0.833. The molecule has 0 unspecified atom stereocenters. The van der Waals surface area contributed by atoms with Crippen molar-refractivity contribution in [2.24, 2.45) is 11.8 Å². The summed E-state index contributed by atoms with van der Waals surface area (Å²) in [5, 5.41) is 8.92. The maximum absolute atomic E-state index is 11.7. The summed E-state index contributed by atoms with van der Waals surface area (Å²) >= 11 is 0. The molecule has 1 atom stereocenters. The second-order valence-electron chi connectivity index (χ2n) is 4.90. The Morgan fingerprint density at radius 1 is 1.00 bits per heavy atom. The smallest absolute Gasteiger partial charge is 0.224 e. The molecule has 5 nitrogen and oxygen atoms in total. The maximum atomic E-state index is 11.7. The van der Waals surface area contributed by atoms with Gasteiger partial charge in [-0.05, 0) is 32.2 Å². The third-order valence-corrected chi connectivity index (χ3v) is 3.34. The lowest BCUT2D eigenvalue weighted by atomic mass is 9.99. The summed E-state index contributed by atoms with van der Waals surface area (Å²) in [6.45, 7) is 2.87. The van der Waals surface area contributed by atoms with E-state index in [4.69, 9.17) is 0 Å². The molecule has 17 heavy (non-hydrogen) atoms. The van der Waals surface area contributed by atoms with E-state index in [1.165, 1.54) is 0 Å². The summed E-state index contributed by atoms with van der Waals surface area (Å²) in [6.07, 6.45) is 4.07. The van der Waals surface area contributed by atoms with Gasteiger partial charge in [0.25, 0.3) is 0 Å². The molecule has 1 saturated heterocycles. The van der Waals surface area contributed by atoms with Gasteiger partial charge in [-0.2, -0.15) is 0 Å². The van der Waals surface area contributed by atoms with Crippen LogP contribution in [0.15, 0.2) is 0 Å². The normalized spacial score (nSPS) is 24.1. The monoisotopic (exact) mass is 239 g/mol. The average molecular weight is 239 g/mol. The van der Waals surface area contributed by atoms with Crippen molar-refractivity contribution in [2.45, 2.75) is 25.7 Å². The summed E-state index contributed by atoms with van der Waals surface area (Å²) in [4.78, 5) is 23.0. The largest absolute Gasteiger partial charge is 0.354 e. The zero-order valence-electron chi connectivity index (χ0n) is 10.1. The second kappa shape index (κ2) is 6.00. The Hall–Kier alpha value is -1.10. The van der Waals surface area contributed by atoms with E-state index in [1.807, 2.05) is 0 Å². The van der Waals surface area contributed by atoms with E-state index in [0.717, 1.165) is 38.8 Å². The molecule has 1 aliphatic heterocycles. The Morgan fingerprint density at radius 3 is 2.18 bits per heavy atom. The highest BCUT2D eigenvalue weighted by atomic mass is 16.2. The van der Waals surface area contributed by atoms with Gasteiger partial charge < -0.3 is 16.0 Å². The molecule has 2 rings (SSSR count). The van der Waals surface area contributed by atoms with E-state index in [9.17, 15) is 9.59 Å². The third kappa shape index (κ3) is 4.00. The molecule has 0 aromatic heterocycles. The standard InChI is InChI=1S/C12H21N3O2/c16-11(9-3-4-9)14-6-7-15-12(17)10-2-1-5-13-8-10/h9-10,13H,1-8H2,(H,14,16)(H,15,17)/t10-/m0/s1. The van der Waals surface area contributed by atoms with Crippen molar-refractivity contribution >= 4 is 11.8 Å². The van der Waals surface area contributed by atoms with Crippen molar-refractivity contribution in [2.75, 3.05) is 26.2 Å². The highest BCUT2D eigenvalue weighted by Gasteiger charge is 2.29. The fourth-order valence-electron chi connectivity index (χ4n) is 2.08. The molecule has 2 fully saturated rings. The fourth-order valence-corrected chi connectivity index (χ4v) is 2.08. The predicted octanol–water partition coefficient (Wildman–Crippen LogP) is -0.372. The van der Waals surface area contributed by atoms with Crippen LogP contribution in [0.4, 0.5) is 0 Å². The van der Waals surface area contributed by atoms with E-state index < -0.39 is 0 Å². The van der Waals surface area contributed by atoms with Gasteiger partial charge in [0.2, 0.25) is 11.8 Å². The van der Waals surface area contributed by atoms with Crippen LogP contribution in [0.1, 0.15) is 25.7 Å². The number of rotatable bonds is 5. The number of carbonyl (C=O) groups is 2. The molecular weight excluding hydrogens is 218 g/mol. The van der Waals surface area contributed by atoms with Gasteiger partial charge in [0.05, 0.1) is 5.92 Å². The Morgan fingerprint density at radius 2 is 1.65 bits per heavy atom. The number of hydrogen-bond acceptors (Lipinski definition) is 3. The molecule has 2 amide bonds. The second-order valence-corrected chi connectivity index (χ2v) is 4.90. The summed E-state index contributed by atoms with van der Waals surface area (Å²) in [6, 6.07) is 0. The molecule has 0 radical (unpaired) electrons. The minimum absolute atomic E-state index is 0.0999. The number of nitrogens with one attached hydrogen (secondary N) is 3. The van der Waals surface area contributed by atoms with E-state index in [0.29, 0.717) is 13.1 Å². The molecule has 5 heteroatoms. The third-order valence-electron chi connectivity index (χ3n) is 3.34. The summed E-state index contributed by atoms with van der Waals surface area (Å²) < 4.78 is 0. The van der Waals surface area contributed by atoms with Crippen LogP contribution in [0.2, 0.25) is 0 Å². The Kier molecular flexibility index (Phi) is 4.36. The zero-order valence-corrected chi connectivity index (χ0v) is 10.1. The number of carbonyl (C=O) groups excluding carboxylic acids is 2. The van der Waals surface area contributed by atoms with Crippen molar-refractivity contribution in [1.29, 1.82) is 0 Å². The lowest BCUT2D eigenvalue weighted by molar-refractivity contribution is -0.126. The SMILES string of the molecule is O=C(NCCNC(=O)[C@H]1CCCNC1)C1CC1. The molecule has 96 valence electrons. The van der Waals surface area contributed by atoms with Crippen LogP contribution in [-0.2, 0) is 9.59 Å². The minimum atomic E-state index is 0.0999. The van der Waals surface area contributed by atoms with Crippen LogP contribution in [0.5, 0.6) is 0 Å². The lowest BCUT2D eigenvalue weighted by Gasteiger charge is -2.21. The van der Waals surface area contributed by atoms with Gasteiger partial charge in [-0.3, -0.25) is 9.59 Å². The number of hydrogen-bond donors (Lipinski definition) is 3. The van der Waals surface area contributed by atoms with Crippen LogP contribution in [0.25, 0.3) is 0 Å².